The second-order valence-corrected chi connectivity index (χ2v) is 6.77. The Morgan fingerprint density at radius 2 is 2.00 bits per heavy atom. The van der Waals surface area contributed by atoms with Gasteiger partial charge >= 0.3 is 0 Å². The van der Waals surface area contributed by atoms with Gasteiger partial charge in [0, 0.05) is 20.6 Å². The number of carboxylic acid groups (broad SMARTS) is 1. The van der Waals surface area contributed by atoms with Crippen LogP contribution in [0.4, 0.5) is 0 Å². The van der Waals surface area contributed by atoms with Crippen LogP contribution in [-0.4, -0.2) is 77.4 Å². The molecule has 2 N–H and O–H groups in total. The highest BCUT2D eigenvalue weighted by Crippen LogP contribution is 2.26. The van der Waals surface area contributed by atoms with Crippen LogP contribution in [0.15, 0.2) is 36.4 Å². The van der Waals surface area contributed by atoms with Crippen LogP contribution < -0.4 is 0 Å². The number of carbonyl (C=O) groups excluding carboxylic acids is 2. The summed E-state index contributed by atoms with van der Waals surface area (Å²) < 4.78 is 11.1. The van der Waals surface area contributed by atoms with Crippen molar-refractivity contribution in [2.75, 3.05) is 26.9 Å². The molecule has 162 valence electrons. The van der Waals surface area contributed by atoms with E-state index in [0.717, 1.165) is 12.0 Å². The molecule has 1 saturated heterocycles. The molecule has 1 fully saturated rings. The Hall–Kier alpha value is -3.04. The molecule has 9 nitrogen and oxygen atoms in total. The molecule has 3 rings (SSSR count). The van der Waals surface area contributed by atoms with E-state index in [1.807, 2.05) is 23.1 Å². The van der Waals surface area contributed by atoms with E-state index in [2.05, 4.69) is 22.3 Å². The Labute approximate surface area is 175 Å². The predicted molar refractivity (Wildman–Crippen MR) is 108 cm³/mol. The summed E-state index contributed by atoms with van der Waals surface area (Å²) in [6.07, 6.45) is 1.41. The van der Waals surface area contributed by atoms with Crippen LogP contribution in [0.3, 0.4) is 0 Å². The molecule has 0 bridgehead atoms. The number of benzene rings is 1. The number of nitrogens with one attached hydrogen (secondary N) is 1. The molecule has 0 radical (unpaired) electrons. The smallest absolute Gasteiger partial charge is 0.290 e. The summed E-state index contributed by atoms with van der Waals surface area (Å²) in [6, 6.07) is 11.5. The molecule has 0 spiro atoms. The first kappa shape index (κ1) is 23.2. The zero-order valence-corrected chi connectivity index (χ0v) is 17.1. The van der Waals surface area contributed by atoms with Gasteiger partial charge in [-0.3, -0.25) is 19.5 Å². The minimum Gasteiger partial charge on any atom is -0.483 e. The Morgan fingerprint density at radius 3 is 2.60 bits per heavy atom. The molecule has 2 heterocycles. The number of likely N-dealkylation sites (tertiary alicyclic amines) is 1. The largest absolute Gasteiger partial charge is 0.483 e. The lowest BCUT2D eigenvalue weighted by atomic mass is 10.0. The number of ketones is 1. The van der Waals surface area contributed by atoms with Crippen molar-refractivity contribution in [2.24, 2.45) is 0 Å². The number of nitrogens with zero attached hydrogens (tertiary/aromatic N) is 2. The summed E-state index contributed by atoms with van der Waals surface area (Å²) in [5, 5.41) is 13.5. The van der Waals surface area contributed by atoms with E-state index in [0.29, 0.717) is 31.9 Å². The van der Waals surface area contributed by atoms with Gasteiger partial charge in [-0.05, 0) is 24.5 Å². The van der Waals surface area contributed by atoms with Crippen LogP contribution in [0.25, 0.3) is 0 Å². The fourth-order valence-corrected chi connectivity index (χ4v) is 3.42. The van der Waals surface area contributed by atoms with E-state index in [4.69, 9.17) is 19.4 Å². The van der Waals surface area contributed by atoms with Gasteiger partial charge in [-0.25, -0.2) is 0 Å². The minimum absolute atomic E-state index is 0.0560. The van der Waals surface area contributed by atoms with Crippen LogP contribution in [0.5, 0.6) is 0 Å². The summed E-state index contributed by atoms with van der Waals surface area (Å²) in [4.78, 5) is 34.7. The van der Waals surface area contributed by atoms with Crippen LogP contribution in [0, 0.1) is 0 Å². The van der Waals surface area contributed by atoms with Gasteiger partial charge < -0.3 is 19.5 Å². The fourth-order valence-electron chi connectivity index (χ4n) is 3.42. The molecule has 0 aliphatic carbocycles. The second kappa shape index (κ2) is 11.8. The lowest BCUT2D eigenvalue weighted by Gasteiger charge is -2.28. The molecule has 1 amide bonds. The molecule has 2 aromatic rings. The highest BCUT2D eigenvalue weighted by molar-refractivity contribution is 5.97. The summed E-state index contributed by atoms with van der Waals surface area (Å²) in [7, 11) is 1.64. The predicted octanol–water partition coefficient (Wildman–Crippen LogP) is 1.80. The Balaban J connectivity index is 0.00000101. The molecular weight excluding hydrogens is 390 g/mol. The maximum absolute atomic E-state index is 13.0. The molecule has 1 aromatic heterocycles. The number of H-pyrrole nitrogens is 1. The zero-order valence-electron chi connectivity index (χ0n) is 17.1. The zero-order chi connectivity index (χ0) is 21.9. The van der Waals surface area contributed by atoms with E-state index >= 15 is 0 Å². The van der Waals surface area contributed by atoms with Gasteiger partial charge in [0.25, 0.3) is 12.4 Å². The Morgan fingerprint density at radius 1 is 1.30 bits per heavy atom. The van der Waals surface area contributed by atoms with Crippen molar-refractivity contribution in [3.05, 3.63) is 53.3 Å². The first-order valence-corrected chi connectivity index (χ1v) is 9.61. The van der Waals surface area contributed by atoms with Crippen molar-refractivity contribution in [3.8, 4) is 0 Å². The van der Waals surface area contributed by atoms with E-state index in [1.54, 1.807) is 7.11 Å². The minimum atomic E-state index is -0.250. The molecule has 1 aliphatic rings. The van der Waals surface area contributed by atoms with Crippen LogP contribution in [0.2, 0.25) is 0 Å². The molecule has 1 aliphatic heterocycles. The average Bonchev–Trinajstić information content (AvgIpc) is 3.37. The van der Waals surface area contributed by atoms with Crippen LogP contribution >= 0.6 is 0 Å². The first-order chi connectivity index (χ1) is 14.5. The number of Topliss-reactive ketones (excluding diaryl/α,β-unsaturated/α-hetero) is 1. The number of rotatable bonds is 8. The van der Waals surface area contributed by atoms with Crippen LogP contribution in [0.1, 0.15) is 39.9 Å². The number of methoxy groups -OCH3 is 1. The number of hydrogen-bond acceptors (Lipinski definition) is 6. The van der Waals surface area contributed by atoms with Gasteiger partial charge in [-0.15, -0.1) is 0 Å². The van der Waals surface area contributed by atoms with Gasteiger partial charge in [0.05, 0.1) is 25.4 Å². The molecule has 0 saturated carbocycles. The monoisotopic (exact) mass is 417 g/mol. The van der Waals surface area contributed by atoms with E-state index in [1.165, 1.54) is 13.0 Å². The average molecular weight is 417 g/mol. The Bertz CT molecular complexity index is 823. The van der Waals surface area contributed by atoms with Crippen molar-refractivity contribution >= 4 is 18.2 Å². The van der Waals surface area contributed by atoms with E-state index in [9.17, 15) is 9.59 Å². The van der Waals surface area contributed by atoms with Gasteiger partial charge in [0.15, 0.2) is 5.78 Å². The summed E-state index contributed by atoms with van der Waals surface area (Å²) in [5.74, 6) is -0.331. The fraction of sp³-hybridized carbons (Fsp3) is 0.429. The first-order valence-electron chi connectivity index (χ1n) is 9.61. The lowest BCUT2D eigenvalue weighted by molar-refractivity contribution is -0.122. The van der Waals surface area contributed by atoms with Gasteiger partial charge in [0.1, 0.15) is 11.4 Å². The van der Waals surface area contributed by atoms with Crippen molar-refractivity contribution in [2.45, 2.75) is 31.9 Å². The third kappa shape index (κ3) is 6.23. The number of amides is 1. The van der Waals surface area contributed by atoms with Crippen molar-refractivity contribution in [1.82, 2.24) is 15.1 Å². The van der Waals surface area contributed by atoms with E-state index < -0.39 is 0 Å². The second-order valence-electron chi connectivity index (χ2n) is 6.77. The van der Waals surface area contributed by atoms with Gasteiger partial charge in [0.2, 0.25) is 0 Å². The third-order valence-corrected chi connectivity index (χ3v) is 4.82. The van der Waals surface area contributed by atoms with Crippen molar-refractivity contribution in [1.29, 1.82) is 0 Å². The van der Waals surface area contributed by atoms with Crippen molar-refractivity contribution in [3.63, 3.8) is 0 Å². The molecule has 9 heteroatoms. The highest BCUT2D eigenvalue weighted by atomic mass is 16.5. The maximum atomic E-state index is 13.0. The SMILES string of the molecule is COCCO[C@@H]1CCN(C(=O)c2cc(C(C)=O)n[nH]2)[C@H]1Cc1ccccc1.O=CO. The molecule has 1 aromatic carbocycles. The third-order valence-electron chi connectivity index (χ3n) is 4.82. The lowest BCUT2D eigenvalue weighted by Crippen LogP contribution is -2.42. The molecule has 0 unspecified atom stereocenters. The van der Waals surface area contributed by atoms with Gasteiger partial charge in [-0.1, -0.05) is 30.3 Å². The molecule has 30 heavy (non-hydrogen) atoms. The Kier molecular flexibility index (Phi) is 9.17. The van der Waals surface area contributed by atoms with Gasteiger partial charge in [-0.2, -0.15) is 5.10 Å². The number of carbonyl (C=O) groups is 3. The molecular formula is C21H27N3O6. The summed E-state index contributed by atoms with van der Waals surface area (Å²) >= 11 is 0. The summed E-state index contributed by atoms with van der Waals surface area (Å²) in [6.45, 7) is 2.79. The molecule has 2 atom stereocenters. The highest BCUT2D eigenvalue weighted by Gasteiger charge is 2.38. The number of hydrogen-bond donors (Lipinski definition) is 2. The van der Waals surface area contributed by atoms with E-state index in [-0.39, 0.29) is 36.0 Å². The quantitative estimate of drug-likeness (QED) is 0.381. The normalized spacial score (nSPS) is 17.9. The van der Waals surface area contributed by atoms with Crippen LogP contribution in [-0.2, 0) is 20.7 Å². The number of aromatic amines is 1. The standard InChI is InChI=1S/C20H25N3O4.CH2O2/c1-14(24)16-13-17(22-21-16)20(25)23-9-8-19(27-11-10-26-2)18(23)12-15-6-4-3-5-7-15;2-1-3/h3-7,13,18-19H,8-12H2,1-2H3,(H,21,22);1H,(H,2,3)/t18-,19+;/m0./s1. The number of aromatic nitrogens is 2. The topological polar surface area (TPSA) is 122 Å². The maximum Gasteiger partial charge on any atom is 0.290 e. The number of ether oxygens (including phenoxy) is 2. The summed E-state index contributed by atoms with van der Waals surface area (Å²) in [5.41, 5.74) is 1.75. The van der Waals surface area contributed by atoms with Crippen molar-refractivity contribution < 1.29 is 29.0 Å².